The van der Waals surface area contributed by atoms with Crippen LogP contribution in [0.4, 0.5) is 0 Å². The van der Waals surface area contributed by atoms with Gasteiger partial charge in [0.05, 0.1) is 37.0 Å². The molecule has 0 saturated carbocycles. The molecule has 0 aliphatic carbocycles. The monoisotopic (exact) mass is 473 g/mol. The molecule has 1 aliphatic rings. The number of hydrogen-bond donors (Lipinski definition) is 1. The van der Waals surface area contributed by atoms with Crippen molar-refractivity contribution in [2.24, 2.45) is 0 Å². The lowest BCUT2D eigenvalue weighted by atomic mass is 9.94. The number of para-hydroxylation sites is 1. The Hall–Kier alpha value is -3.03. The van der Waals surface area contributed by atoms with Crippen molar-refractivity contribution in [3.05, 3.63) is 64.2 Å². The summed E-state index contributed by atoms with van der Waals surface area (Å²) in [5.74, 6) is -0.900. The first-order chi connectivity index (χ1) is 15.8. The number of likely N-dealkylation sites (tertiary alicyclic amines) is 1. The van der Waals surface area contributed by atoms with Gasteiger partial charge in [0.2, 0.25) is 0 Å². The predicted octanol–water partition coefficient (Wildman–Crippen LogP) is 4.59. The van der Waals surface area contributed by atoms with Crippen LogP contribution in [0.15, 0.2) is 48.0 Å². The second-order valence-electron chi connectivity index (χ2n) is 7.85. The van der Waals surface area contributed by atoms with Crippen LogP contribution in [0.1, 0.15) is 37.4 Å². The molecule has 7 nitrogen and oxygen atoms in total. The zero-order chi connectivity index (χ0) is 24.1. The van der Waals surface area contributed by atoms with Crippen LogP contribution in [0.5, 0.6) is 11.5 Å². The number of nitrogens with zero attached hydrogens (tertiary/aromatic N) is 1. The minimum absolute atomic E-state index is 0.0515. The Kier molecular flexibility index (Phi) is 8.00. The number of rotatable bonds is 9. The van der Waals surface area contributed by atoms with Crippen molar-refractivity contribution >= 4 is 29.1 Å². The molecule has 1 N–H and O–H groups in total. The molecule has 0 radical (unpaired) electrons. The Balaban J connectivity index is 2.13. The fourth-order valence-electron chi connectivity index (χ4n) is 3.84. The summed E-state index contributed by atoms with van der Waals surface area (Å²) in [7, 11) is 3.00. The van der Waals surface area contributed by atoms with Crippen LogP contribution in [-0.4, -0.2) is 55.2 Å². The lowest BCUT2D eigenvalue weighted by Crippen LogP contribution is -2.31. The van der Waals surface area contributed by atoms with E-state index in [-0.39, 0.29) is 34.6 Å². The number of aliphatic hydroxyl groups is 1. The van der Waals surface area contributed by atoms with Crippen molar-refractivity contribution in [2.45, 2.75) is 32.4 Å². The average Bonchev–Trinajstić information content (AvgIpc) is 3.06. The third-order valence-corrected chi connectivity index (χ3v) is 5.73. The molecule has 1 amide bonds. The number of ketones is 1. The highest BCUT2D eigenvalue weighted by atomic mass is 35.5. The molecule has 1 atom stereocenters. The number of hydrogen-bond acceptors (Lipinski definition) is 6. The maximum Gasteiger partial charge on any atom is 0.295 e. The van der Waals surface area contributed by atoms with E-state index in [1.807, 2.05) is 13.8 Å². The number of carbonyl (C=O) groups excluding carboxylic acids is 2. The van der Waals surface area contributed by atoms with Gasteiger partial charge in [0, 0.05) is 24.3 Å². The lowest BCUT2D eigenvalue weighted by molar-refractivity contribution is -0.140. The van der Waals surface area contributed by atoms with Crippen LogP contribution in [0.2, 0.25) is 5.02 Å². The third kappa shape index (κ3) is 5.15. The van der Waals surface area contributed by atoms with Crippen LogP contribution < -0.4 is 9.47 Å². The minimum Gasteiger partial charge on any atom is -0.507 e. The van der Waals surface area contributed by atoms with Crippen LogP contribution in [0, 0.1) is 0 Å². The van der Waals surface area contributed by atoms with E-state index in [1.54, 1.807) is 36.4 Å². The van der Waals surface area contributed by atoms with Gasteiger partial charge in [-0.1, -0.05) is 29.8 Å². The summed E-state index contributed by atoms with van der Waals surface area (Å²) in [6, 6.07) is 11.0. The highest BCUT2D eigenvalue weighted by Crippen LogP contribution is 2.43. The molecule has 3 rings (SSSR count). The van der Waals surface area contributed by atoms with Gasteiger partial charge in [0.1, 0.15) is 17.3 Å². The lowest BCUT2D eigenvalue weighted by Gasteiger charge is -2.26. The number of benzene rings is 2. The van der Waals surface area contributed by atoms with Crippen molar-refractivity contribution < 1.29 is 28.9 Å². The zero-order valence-electron chi connectivity index (χ0n) is 19.1. The summed E-state index contributed by atoms with van der Waals surface area (Å²) in [6.07, 6.45) is 0.581. The first kappa shape index (κ1) is 24.6. The molecule has 1 heterocycles. The Morgan fingerprint density at radius 3 is 2.52 bits per heavy atom. The van der Waals surface area contributed by atoms with E-state index in [9.17, 15) is 14.7 Å². The molecule has 33 heavy (non-hydrogen) atoms. The van der Waals surface area contributed by atoms with E-state index >= 15 is 0 Å². The largest absolute Gasteiger partial charge is 0.507 e. The third-order valence-electron chi connectivity index (χ3n) is 5.40. The summed E-state index contributed by atoms with van der Waals surface area (Å²) in [6.45, 7) is 4.56. The van der Waals surface area contributed by atoms with E-state index in [0.717, 1.165) is 0 Å². The highest BCUT2D eigenvalue weighted by molar-refractivity contribution is 6.47. The molecule has 0 aromatic heterocycles. The highest BCUT2D eigenvalue weighted by Gasteiger charge is 2.47. The van der Waals surface area contributed by atoms with E-state index < -0.39 is 17.7 Å². The van der Waals surface area contributed by atoms with Gasteiger partial charge in [-0.15, -0.1) is 0 Å². The SMILES string of the molecule is COc1ccc(Cl)c(/C(O)=C2\C(=O)C(=O)N(CCCOC(C)C)C2c2ccccc2OC)c1. The molecule has 1 saturated heterocycles. The van der Waals surface area contributed by atoms with Crippen LogP contribution in [0.3, 0.4) is 0 Å². The number of halogens is 1. The summed E-state index contributed by atoms with van der Waals surface area (Å²) in [4.78, 5) is 27.7. The van der Waals surface area contributed by atoms with Crippen molar-refractivity contribution in [2.75, 3.05) is 27.4 Å². The van der Waals surface area contributed by atoms with Gasteiger partial charge >= 0.3 is 0 Å². The van der Waals surface area contributed by atoms with Crippen LogP contribution >= 0.6 is 11.6 Å². The van der Waals surface area contributed by atoms with Crippen molar-refractivity contribution in [1.82, 2.24) is 4.90 Å². The molecule has 1 unspecified atom stereocenters. The quantitative estimate of drug-likeness (QED) is 0.248. The number of carbonyl (C=O) groups is 2. The van der Waals surface area contributed by atoms with E-state index in [2.05, 4.69) is 0 Å². The Morgan fingerprint density at radius 2 is 1.85 bits per heavy atom. The Morgan fingerprint density at radius 1 is 1.12 bits per heavy atom. The summed E-state index contributed by atoms with van der Waals surface area (Å²) >= 11 is 6.33. The van der Waals surface area contributed by atoms with Crippen LogP contribution in [-0.2, 0) is 14.3 Å². The molecular formula is C25H28ClNO6. The molecular weight excluding hydrogens is 446 g/mol. The molecule has 2 aromatic carbocycles. The van der Waals surface area contributed by atoms with Gasteiger partial charge in [0.25, 0.3) is 11.7 Å². The zero-order valence-corrected chi connectivity index (χ0v) is 19.9. The average molecular weight is 474 g/mol. The first-order valence-electron chi connectivity index (χ1n) is 10.7. The van der Waals surface area contributed by atoms with Gasteiger partial charge in [0.15, 0.2) is 0 Å². The fraction of sp³-hybridized carbons (Fsp3) is 0.360. The first-order valence-corrected chi connectivity index (χ1v) is 11.0. The van der Waals surface area contributed by atoms with Gasteiger partial charge < -0.3 is 24.2 Å². The molecule has 176 valence electrons. The number of amides is 1. The van der Waals surface area contributed by atoms with E-state index in [4.69, 9.17) is 25.8 Å². The van der Waals surface area contributed by atoms with Crippen molar-refractivity contribution in [3.63, 3.8) is 0 Å². The molecule has 0 spiro atoms. The standard InChI is InChI=1S/C25H28ClNO6/c1-15(2)33-13-7-12-27-22(17-8-5-6-9-20(17)32-4)21(24(29)25(27)30)23(28)18-14-16(31-3)10-11-19(18)26/h5-6,8-11,14-15,22,28H,7,12-13H2,1-4H3/b23-21+. The van der Waals surface area contributed by atoms with Crippen LogP contribution in [0.25, 0.3) is 5.76 Å². The molecule has 2 aromatic rings. The maximum absolute atomic E-state index is 13.2. The van der Waals surface area contributed by atoms with E-state index in [0.29, 0.717) is 30.1 Å². The predicted molar refractivity (Wildman–Crippen MR) is 126 cm³/mol. The maximum atomic E-state index is 13.2. The second-order valence-corrected chi connectivity index (χ2v) is 8.26. The van der Waals surface area contributed by atoms with E-state index in [1.165, 1.54) is 25.2 Å². The fourth-order valence-corrected chi connectivity index (χ4v) is 4.05. The van der Waals surface area contributed by atoms with Crippen molar-refractivity contribution in [1.29, 1.82) is 0 Å². The number of ether oxygens (including phenoxy) is 3. The minimum atomic E-state index is -0.845. The molecule has 8 heteroatoms. The summed E-state index contributed by atoms with van der Waals surface area (Å²) < 4.78 is 16.3. The Labute approximate surface area is 198 Å². The smallest absolute Gasteiger partial charge is 0.295 e. The van der Waals surface area contributed by atoms with Gasteiger partial charge in [-0.3, -0.25) is 9.59 Å². The number of aliphatic hydroxyl groups excluding tert-OH is 1. The topological polar surface area (TPSA) is 85.3 Å². The van der Waals surface area contributed by atoms with Gasteiger partial charge in [-0.05, 0) is 44.5 Å². The van der Waals surface area contributed by atoms with Gasteiger partial charge in [-0.25, -0.2) is 0 Å². The number of methoxy groups -OCH3 is 2. The summed E-state index contributed by atoms with van der Waals surface area (Å²) in [5, 5.41) is 11.5. The molecule has 1 fully saturated rings. The molecule has 1 aliphatic heterocycles. The van der Waals surface area contributed by atoms with Gasteiger partial charge in [-0.2, -0.15) is 0 Å². The molecule has 0 bridgehead atoms. The van der Waals surface area contributed by atoms with Crippen molar-refractivity contribution in [3.8, 4) is 11.5 Å². The normalized spacial score (nSPS) is 17.6. The Bertz CT molecular complexity index is 1060. The number of Topliss-reactive ketones (excluding diaryl/α,β-unsaturated/α-hetero) is 1. The summed E-state index contributed by atoms with van der Waals surface area (Å²) in [5.41, 5.74) is 0.742. The second kappa shape index (κ2) is 10.7.